The fourth-order valence-electron chi connectivity index (χ4n) is 2.02. The van der Waals surface area contributed by atoms with Crippen LogP contribution in [0.15, 0.2) is 21.3 Å². The number of Topliss-reactive ketones (excluding diaryl/α,β-unsaturated/α-hetero) is 1. The average Bonchev–Trinajstić information content (AvgIpc) is 2.88. The summed E-state index contributed by atoms with van der Waals surface area (Å²) in [6.45, 7) is 4.38. The van der Waals surface area contributed by atoms with Gasteiger partial charge < -0.3 is 19.0 Å². The van der Waals surface area contributed by atoms with Crippen LogP contribution < -0.4 is 10.5 Å². The lowest BCUT2D eigenvalue weighted by atomic mass is 10.1. The highest BCUT2D eigenvalue weighted by molar-refractivity contribution is 6.08. The number of hydrogen-bond donors (Lipinski definition) is 2. The van der Waals surface area contributed by atoms with E-state index in [-0.39, 0.29) is 17.8 Å². The van der Waals surface area contributed by atoms with Gasteiger partial charge in [0.05, 0.1) is 12.2 Å². The molecular formula is C15H19NO6. The van der Waals surface area contributed by atoms with E-state index >= 15 is 0 Å². The Morgan fingerprint density at radius 2 is 2.18 bits per heavy atom. The number of carbonyl (C=O) groups is 1. The van der Waals surface area contributed by atoms with E-state index in [4.69, 9.17) is 13.9 Å². The number of fused-ring (bicyclic) bond motifs is 1. The van der Waals surface area contributed by atoms with Crippen LogP contribution in [0.3, 0.4) is 0 Å². The molecule has 2 rings (SSSR count). The molecule has 2 N–H and O–H groups in total. The first-order chi connectivity index (χ1) is 10.6. The van der Waals surface area contributed by atoms with Crippen molar-refractivity contribution in [2.75, 3.05) is 13.2 Å². The molecule has 0 amide bonds. The Labute approximate surface area is 126 Å². The monoisotopic (exact) mass is 309 g/mol. The molecule has 0 saturated heterocycles. The van der Waals surface area contributed by atoms with Gasteiger partial charge >= 0.3 is 5.76 Å². The summed E-state index contributed by atoms with van der Waals surface area (Å²) >= 11 is 0. The van der Waals surface area contributed by atoms with E-state index in [1.807, 2.05) is 6.92 Å². The van der Waals surface area contributed by atoms with Gasteiger partial charge in [-0.25, -0.2) is 4.79 Å². The molecule has 1 atom stereocenters. The lowest BCUT2D eigenvalue weighted by Gasteiger charge is -2.11. The number of aromatic amines is 1. The van der Waals surface area contributed by atoms with Crippen molar-refractivity contribution in [3.63, 3.8) is 0 Å². The maximum absolute atomic E-state index is 12.1. The molecule has 0 radical (unpaired) electrons. The molecule has 0 bridgehead atoms. The van der Waals surface area contributed by atoms with Crippen LogP contribution in [-0.4, -0.2) is 35.4 Å². The largest absolute Gasteiger partial charge is 0.491 e. The molecule has 120 valence electrons. The normalized spacial score (nSPS) is 12.5. The first-order valence-corrected chi connectivity index (χ1v) is 7.21. The van der Waals surface area contributed by atoms with Gasteiger partial charge in [-0.2, -0.15) is 0 Å². The summed E-state index contributed by atoms with van der Waals surface area (Å²) in [5.41, 5.74) is 0.426. The van der Waals surface area contributed by atoms with Crippen molar-refractivity contribution in [2.24, 2.45) is 0 Å². The Kier molecular flexibility index (Phi) is 5.35. The third kappa shape index (κ3) is 3.37. The van der Waals surface area contributed by atoms with Crippen molar-refractivity contribution < 1.29 is 23.8 Å². The number of ketones is 1. The summed E-state index contributed by atoms with van der Waals surface area (Å²) in [4.78, 5) is 26.1. The molecule has 0 fully saturated rings. The van der Waals surface area contributed by atoms with Crippen molar-refractivity contribution in [3.8, 4) is 5.75 Å². The number of aromatic nitrogens is 1. The van der Waals surface area contributed by atoms with Gasteiger partial charge in [0.25, 0.3) is 0 Å². The molecule has 0 spiro atoms. The Morgan fingerprint density at radius 3 is 2.86 bits per heavy atom. The lowest BCUT2D eigenvalue weighted by molar-refractivity contribution is -0.0674. The molecule has 2 aromatic rings. The summed E-state index contributed by atoms with van der Waals surface area (Å²) in [5.74, 6) is -0.937. The average molecular weight is 309 g/mol. The fourth-order valence-corrected chi connectivity index (χ4v) is 2.02. The second-order valence-corrected chi connectivity index (χ2v) is 4.70. The van der Waals surface area contributed by atoms with E-state index in [1.165, 1.54) is 6.07 Å². The molecule has 22 heavy (non-hydrogen) atoms. The molecule has 0 aliphatic rings. The van der Waals surface area contributed by atoms with Crippen molar-refractivity contribution in [1.29, 1.82) is 0 Å². The number of aliphatic hydroxyl groups excluding tert-OH is 1. The summed E-state index contributed by atoms with van der Waals surface area (Å²) in [6, 6.07) is 3.01. The van der Waals surface area contributed by atoms with Crippen LogP contribution in [0.5, 0.6) is 5.75 Å². The Morgan fingerprint density at radius 1 is 1.41 bits per heavy atom. The first kappa shape index (κ1) is 16.3. The van der Waals surface area contributed by atoms with E-state index in [1.54, 1.807) is 13.0 Å². The van der Waals surface area contributed by atoms with E-state index in [2.05, 4.69) is 4.98 Å². The van der Waals surface area contributed by atoms with Gasteiger partial charge in [-0.1, -0.05) is 13.3 Å². The van der Waals surface area contributed by atoms with Gasteiger partial charge in [-0.05, 0) is 25.5 Å². The predicted octanol–water partition coefficient (Wildman–Crippen LogP) is 1.84. The van der Waals surface area contributed by atoms with E-state index in [0.717, 1.165) is 12.8 Å². The van der Waals surface area contributed by atoms with Gasteiger partial charge in [0.2, 0.25) is 12.1 Å². The molecule has 1 heterocycles. The standard InChI is InChI=1S/C15H19NO6/c1-3-5-8-21-10-7-6-9(12(17)14(18)20-4-2)13-11(10)16-15(19)22-13/h6-7,14,18H,3-5,8H2,1-2H3,(H,16,19). The number of oxazole rings is 1. The van der Waals surface area contributed by atoms with Crippen molar-refractivity contribution in [3.05, 3.63) is 28.2 Å². The number of unbranched alkanes of at least 4 members (excludes halogenated alkanes) is 1. The second kappa shape index (κ2) is 7.24. The van der Waals surface area contributed by atoms with Crippen molar-refractivity contribution in [1.82, 2.24) is 4.98 Å². The highest BCUT2D eigenvalue weighted by atomic mass is 16.6. The Hall–Kier alpha value is -2.12. The van der Waals surface area contributed by atoms with Crippen LogP contribution in [0.1, 0.15) is 37.0 Å². The van der Waals surface area contributed by atoms with E-state index in [9.17, 15) is 14.7 Å². The second-order valence-electron chi connectivity index (χ2n) is 4.70. The number of ether oxygens (including phenoxy) is 2. The van der Waals surface area contributed by atoms with Crippen molar-refractivity contribution >= 4 is 16.9 Å². The zero-order valence-electron chi connectivity index (χ0n) is 12.5. The van der Waals surface area contributed by atoms with Crippen LogP contribution in [0, 0.1) is 0 Å². The number of nitrogens with one attached hydrogen (secondary N) is 1. The third-order valence-electron chi connectivity index (χ3n) is 3.11. The van der Waals surface area contributed by atoms with E-state index < -0.39 is 17.8 Å². The lowest BCUT2D eigenvalue weighted by Crippen LogP contribution is -2.24. The molecule has 0 aliphatic carbocycles. The smallest absolute Gasteiger partial charge is 0.417 e. The number of rotatable bonds is 8. The topological polar surface area (TPSA) is 102 Å². The minimum atomic E-state index is -1.60. The summed E-state index contributed by atoms with van der Waals surface area (Å²) in [5, 5.41) is 9.65. The van der Waals surface area contributed by atoms with Gasteiger partial charge in [0, 0.05) is 6.61 Å². The van der Waals surface area contributed by atoms with Gasteiger partial charge in [0.1, 0.15) is 11.3 Å². The molecule has 1 aromatic heterocycles. The van der Waals surface area contributed by atoms with Crippen LogP contribution in [0.25, 0.3) is 11.1 Å². The molecule has 0 aliphatic heterocycles. The number of aliphatic hydroxyl groups is 1. The Bertz CT molecular complexity index is 702. The minimum Gasteiger partial charge on any atom is -0.491 e. The van der Waals surface area contributed by atoms with Gasteiger partial charge in [-0.15, -0.1) is 0 Å². The molecular weight excluding hydrogens is 290 g/mol. The number of H-pyrrole nitrogens is 1. The molecule has 0 saturated carbocycles. The van der Waals surface area contributed by atoms with Crippen LogP contribution in [-0.2, 0) is 4.74 Å². The Balaban J connectivity index is 2.39. The van der Waals surface area contributed by atoms with Crippen LogP contribution >= 0.6 is 0 Å². The van der Waals surface area contributed by atoms with Gasteiger partial charge in [0.15, 0.2) is 5.58 Å². The zero-order valence-corrected chi connectivity index (χ0v) is 12.5. The highest BCUT2D eigenvalue weighted by Gasteiger charge is 2.23. The molecule has 7 nitrogen and oxygen atoms in total. The van der Waals surface area contributed by atoms with Crippen molar-refractivity contribution in [2.45, 2.75) is 33.0 Å². The maximum atomic E-state index is 12.1. The van der Waals surface area contributed by atoms with Crippen LogP contribution in [0.4, 0.5) is 0 Å². The third-order valence-corrected chi connectivity index (χ3v) is 3.11. The SMILES string of the molecule is CCCCOc1ccc(C(=O)C(O)OCC)c2oc(=O)[nH]c12. The molecule has 1 unspecified atom stereocenters. The number of hydrogen-bond acceptors (Lipinski definition) is 6. The summed E-state index contributed by atoms with van der Waals surface area (Å²) in [7, 11) is 0. The highest BCUT2D eigenvalue weighted by Crippen LogP contribution is 2.27. The summed E-state index contributed by atoms with van der Waals surface area (Å²) in [6.07, 6.45) is 0.246. The van der Waals surface area contributed by atoms with Crippen LogP contribution in [0.2, 0.25) is 0 Å². The predicted molar refractivity (Wildman–Crippen MR) is 79.2 cm³/mol. The van der Waals surface area contributed by atoms with Gasteiger partial charge in [-0.3, -0.25) is 9.78 Å². The summed E-state index contributed by atoms with van der Waals surface area (Å²) < 4.78 is 15.5. The molecule has 1 aromatic carbocycles. The maximum Gasteiger partial charge on any atom is 0.417 e. The fraction of sp³-hybridized carbons (Fsp3) is 0.467. The first-order valence-electron chi connectivity index (χ1n) is 7.21. The minimum absolute atomic E-state index is 0.0581. The number of carbonyl (C=O) groups excluding carboxylic acids is 1. The zero-order chi connectivity index (χ0) is 16.1. The quantitative estimate of drug-likeness (QED) is 0.438. The number of benzene rings is 1. The molecule has 7 heteroatoms. The van der Waals surface area contributed by atoms with E-state index in [0.29, 0.717) is 17.9 Å².